The van der Waals surface area contributed by atoms with Gasteiger partial charge >= 0.3 is 0 Å². The van der Waals surface area contributed by atoms with Crippen LogP contribution in [0.15, 0.2) is 48.5 Å². The minimum atomic E-state index is 0.663. The molecule has 0 atom stereocenters. The highest BCUT2D eigenvalue weighted by molar-refractivity contribution is 6.07. The zero-order chi connectivity index (χ0) is 16.2. The maximum absolute atomic E-state index is 7.88. The van der Waals surface area contributed by atoms with Crippen LogP contribution >= 0.6 is 0 Å². The Bertz CT molecular complexity index is 787. The molecule has 0 saturated heterocycles. The van der Waals surface area contributed by atoms with Crippen LogP contribution in [-0.4, -0.2) is 35.9 Å². The van der Waals surface area contributed by atoms with Gasteiger partial charge in [-0.1, -0.05) is 43.3 Å². The van der Waals surface area contributed by atoms with Gasteiger partial charge in [0.15, 0.2) is 0 Å². The SMILES string of the molecule is CCC(=N)N(C)CCNc1c2ccccc2nc2ccccc12. The molecule has 3 rings (SSSR count). The Kier molecular flexibility index (Phi) is 4.42. The third-order valence-corrected chi connectivity index (χ3v) is 4.13. The molecule has 0 aliphatic carbocycles. The summed E-state index contributed by atoms with van der Waals surface area (Å²) in [6.07, 6.45) is 0.762. The van der Waals surface area contributed by atoms with Crippen LogP contribution in [0.25, 0.3) is 21.8 Å². The van der Waals surface area contributed by atoms with Crippen LogP contribution in [-0.2, 0) is 0 Å². The zero-order valence-electron chi connectivity index (χ0n) is 13.6. The van der Waals surface area contributed by atoms with Gasteiger partial charge in [-0.25, -0.2) is 4.98 Å². The van der Waals surface area contributed by atoms with Crippen LogP contribution in [0.1, 0.15) is 13.3 Å². The van der Waals surface area contributed by atoms with Gasteiger partial charge < -0.3 is 10.2 Å². The highest BCUT2D eigenvalue weighted by atomic mass is 15.1. The van der Waals surface area contributed by atoms with Gasteiger partial charge in [-0.2, -0.15) is 0 Å². The predicted octanol–water partition coefficient (Wildman–Crippen LogP) is 4.12. The number of amidine groups is 1. The van der Waals surface area contributed by atoms with E-state index in [1.165, 1.54) is 0 Å². The molecule has 0 bridgehead atoms. The molecule has 0 spiro atoms. The number of likely N-dealkylation sites (N-methyl/N-ethyl adjacent to an activating group) is 1. The third kappa shape index (κ3) is 3.11. The molecule has 0 aliphatic rings. The summed E-state index contributed by atoms with van der Waals surface area (Å²) in [6, 6.07) is 16.4. The van der Waals surface area contributed by atoms with Crippen molar-refractivity contribution in [3.05, 3.63) is 48.5 Å². The summed E-state index contributed by atoms with van der Waals surface area (Å²) in [5.74, 6) is 0.663. The molecule has 118 valence electrons. The number of nitrogens with zero attached hydrogens (tertiary/aromatic N) is 2. The molecule has 3 aromatic rings. The maximum atomic E-state index is 7.88. The zero-order valence-corrected chi connectivity index (χ0v) is 13.6. The smallest absolute Gasteiger partial charge is 0.0952 e. The molecule has 1 aromatic heterocycles. The normalized spacial score (nSPS) is 10.9. The fraction of sp³-hybridized carbons (Fsp3) is 0.263. The molecule has 1 heterocycles. The number of hydrogen-bond acceptors (Lipinski definition) is 3. The lowest BCUT2D eigenvalue weighted by molar-refractivity contribution is 0.509. The molecule has 0 amide bonds. The molecule has 2 N–H and O–H groups in total. The predicted molar refractivity (Wildman–Crippen MR) is 98.4 cm³/mol. The highest BCUT2D eigenvalue weighted by Crippen LogP contribution is 2.30. The van der Waals surface area contributed by atoms with Crippen LogP contribution in [0.4, 0.5) is 5.69 Å². The van der Waals surface area contributed by atoms with Crippen LogP contribution in [0.3, 0.4) is 0 Å². The van der Waals surface area contributed by atoms with Crippen LogP contribution in [0.2, 0.25) is 0 Å². The van der Waals surface area contributed by atoms with Crippen LogP contribution < -0.4 is 5.32 Å². The molecule has 4 nitrogen and oxygen atoms in total. The van der Waals surface area contributed by atoms with E-state index < -0.39 is 0 Å². The van der Waals surface area contributed by atoms with Crippen LogP contribution in [0, 0.1) is 5.41 Å². The number of fused-ring (bicyclic) bond motifs is 2. The summed E-state index contributed by atoms with van der Waals surface area (Å²) in [6.45, 7) is 3.60. The minimum absolute atomic E-state index is 0.663. The number of aromatic nitrogens is 1. The Labute approximate surface area is 136 Å². The summed E-state index contributed by atoms with van der Waals surface area (Å²) in [5.41, 5.74) is 3.13. The first-order valence-corrected chi connectivity index (χ1v) is 8.00. The van der Waals surface area contributed by atoms with E-state index in [9.17, 15) is 0 Å². The van der Waals surface area contributed by atoms with Gasteiger partial charge in [0.1, 0.15) is 0 Å². The lowest BCUT2D eigenvalue weighted by atomic mass is 10.1. The van der Waals surface area contributed by atoms with Crippen molar-refractivity contribution >= 4 is 33.3 Å². The lowest BCUT2D eigenvalue weighted by Gasteiger charge is -2.20. The summed E-state index contributed by atoms with van der Waals surface area (Å²) in [4.78, 5) is 6.72. The van der Waals surface area contributed by atoms with Gasteiger partial charge in [0.25, 0.3) is 0 Å². The Balaban J connectivity index is 1.92. The van der Waals surface area contributed by atoms with E-state index in [0.29, 0.717) is 5.84 Å². The van der Waals surface area contributed by atoms with Gasteiger partial charge in [-0.05, 0) is 12.1 Å². The fourth-order valence-electron chi connectivity index (χ4n) is 2.78. The number of pyridine rings is 1. The van der Waals surface area contributed by atoms with Crippen molar-refractivity contribution in [1.29, 1.82) is 5.41 Å². The quantitative estimate of drug-likeness (QED) is 0.423. The highest BCUT2D eigenvalue weighted by Gasteiger charge is 2.08. The van der Waals surface area contributed by atoms with Gasteiger partial charge in [0, 0.05) is 37.3 Å². The fourth-order valence-corrected chi connectivity index (χ4v) is 2.78. The summed E-state index contributed by atoms with van der Waals surface area (Å²) < 4.78 is 0. The molecule has 0 fully saturated rings. The van der Waals surface area contributed by atoms with Crippen molar-refractivity contribution in [3.8, 4) is 0 Å². The van der Waals surface area contributed by atoms with Gasteiger partial charge in [-0.3, -0.25) is 5.41 Å². The van der Waals surface area contributed by atoms with Crippen molar-refractivity contribution in [2.24, 2.45) is 0 Å². The second kappa shape index (κ2) is 6.65. The first-order valence-electron chi connectivity index (χ1n) is 8.00. The maximum Gasteiger partial charge on any atom is 0.0952 e. The van der Waals surface area contributed by atoms with Crippen molar-refractivity contribution in [2.45, 2.75) is 13.3 Å². The average molecular weight is 306 g/mol. The van der Waals surface area contributed by atoms with Gasteiger partial charge in [-0.15, -0.1) is 0 Å². The molecule has 0 radical (unpaired) electrons. The van der Waals surface area contributed by atoms with Crippen molar-refractivity contribution in [1.82, 2.24) is 9.88 Å². The Morgan fingerprint density at radius 2 is 1.61 bits per heavy atom. The Hall–Kier alpha value is -2.62. The minimum Gasteiger partial charge on any atom is -0.382 e. The topological polar surface area (TPSA) is 52.0 Å². The van der Waals surface area contributed by atoms with Gasteiger partial charge in [0.05, 0.1) is 22.6 Å². The summed E-state index contributed by atoms with van der Waals surface area (Å²) in [7, 11) is 1.97. The number of benzene rings is 2. The van der Waals surface area contributed by atoms with E-state index >= 15 is 0 Å². The molecular weight excluding hydrogens is 284 g/mol. The van der Waals surface area contributed by atoms with E-state index in [4.69, 9.17) is 10.4 Å². The van der Waals surface area contributed by atoms with E-state index in [0.717, 1.165) is 47.0 Å². The number of anilines is 1. The van der Waals surface area contributed by atoms with Crippen molar-refractivity contribution in [3.63, 3.8) is 0 Å². The molecule has 23 heavy (non-hydrogen) atoms. The average Bonchev–Trinajstić information content (AvgIpc) is 2.60. The molecule has 0 aliphatic heterocycles. The lowest BCUT2D eigenvalue weighted by Crippen LogP contribution is -2.30. The van der Waals surface area contributed by atoms with Gasteiger partial charge in [0.2, 0.25) is 0 Å². The monoisotopic (exact) mass is 306 g/mol. The van der Waals surface area contributed by atoms with Crippen molar-refractivity contribution < 1.29 is 0 Å². The summed E-state index contributed by atoms with van der Waals surface area (Å²) in [5, 5.41) is 13.7. The second-order valence-electron chi connectivity index (χ2n) is 5.67. The van der Waals surface area contributed by atoms with Crippen molar-refractivity contribution in [2.75, 3.05) is 25.5 Å². The van der Waals surface area contributed by atoms with E-state index in [-0.39, 0.29) is 0 Å². The van der Waals surface area contributed by atoms with E-state index in [2.05, 4.69) is 17.4 Å². The number of nitrogens with one attached hydrogen (secondary N) is 2. The molecule has 0 saturated carbocycles. The Morgan fingerprint density at radius 3 is 2.17 bits per heavy atom. The molecular formula is C19H22N4. The third-order valence-electron chi connectivity index (χ3n) is 4.13. The largest absolute Gasteiger partial charge is 0.382 e. The molecule has 4 heteroatoms. The van der Waals surface area contributed by atoms with E-state index in [1.54, 1.807) is 0 Å². The second-order valence-corrected chi connectivity index (χ2v) is 5.67. The van der Waals surface area contributed by atoms with Crippen LogP contribution in [0.5, 0.6) is 0 Å². The molecule has 2 aromatic carbocycles. The first kappa shape index (κ1) is 15.3. The van der Waals surface area contributed by atoms with E-state index in [1.807, 2.05) is 55.3 Å². The Morgan fingerprint density at radius 1 is 1.04 bits per heavy atom. The standard InChI is InChI=1S/C19H22N4/c1-3-18(20)23(2)13-12-21-19-14-8-4-6-10-16(14)22-17-11-7-5-9-15(17)19/h4-11,20H,3,12-13H2,1-2H3,(H,21,22). The summed E-state index contributed by atoms with van der Waals surface area (Å²) >= 11 is 0. The molecule has 0 unspecified atom stereocenters. The number of rotatable bonds is 5. The first-order chi connectivity index (χ1) is 11.2. The number of hydrogen-bond donors (Lipinski definition) is 2. The number of para-hydroxylation sites is 2.